The molecule has 550 valence electrons. The number of hydrogen-bond acceptors (Lipinski definition) is 16. The average Bonchev–Trinajstić information content (AvgIpc) is 0.810. The summed E-state index contributed by atoms with van der Waals surface area (Å²) >= 11 is 0. The molecule has 1 aliphatic heterocycles. The molecule has 0 radical (unpaired) electrons. The van der Waals surface area contributed by atoms with Crippen molar-refractivity contribution in [1.82, 2.24) is 55.6 Å². The fourth-order valence-electron chi connectivity index (χ4n) is 11.7. The zero-order valence-electron chi connectivity index (χ0n) is 62.6. The minimum Gasteiger partial charge on any atom is -0.466 e. The molecule has 0 aliphatic carbocycles. The maximum atomic E-state index is 15.4. The predicted octanol–water partition coefficient (Wildman–Crippen LogP) is 3.11. The van der Waals surface area contributed by atoms with Crippen molar-refractivity contribution in [3.8, 4) is 0 Å². The van der Waals surface area contributed by atoms with Crippen LogP contribution in [0.2, 0.25) is 0 Å². The first-order valence-corrected chi connectivity index (χ1v) is 34.1. The number of allylic oxidation sites excluding steroid dienone is 2. The van der Waals surface area contributed by atoms with E-state index in [1.807, 2.05) is 41.5 Å². The molecule has 0 bridgehead atoms. The second kappa shape index (κ2) is 40.2. The van der Waals surface area contributed by atoms with Crippen molar-refractivity contribution in [2.24, 2.45) is 35.5 Å². The highest BCUT2D eigenvalue weighted by Crippen LogP contribution is 2.26. The molecular weight excluding hydrogens is 1240 g/mol. The monoisotopic (exact) mass is 1360 g/mol. The standard InChI is InChI=1S/C69H123N11O16/c1-26-28-31-44(13)57(82)56-61(86)72-48(27-2)63(88)78(23)53(38-95-32-29-30-33-96-47(16)81)66(91)77(22)52(37-69(17,18)94)60(85)73-54(42(9)10)67(92)74(19)49(34-39(3)4)59(84)70-45(14)58(83)71-46(15)62(87)75(20)50(35-40(5)6)64(89)76(21)51(36-41(7)8)65(90)79(24)55(43(11)12)68(93)80(56)25/h26,28,39-46,48-57,82,94H,27,29-38H2,1-25H3,(H,70,84)(H,71,83)(H,72,86)(H,73,85)/t44-,45+,46-,48+,49+,50+,51+,52+,53-,54+,55+,56+,57-/m1/s1. The number of ether oxygens (including phenoxy) is 2. The Balaban J connectivity index is 4.57. The summed E-state index contributed by atoms with van der Waals surface area (Å²) in [6.07, 6.45) is 2.79. The molecule has 1 fully saturated rings. The minimum atomic E-state index is -1.71. The lowest BCUT2D eigenvalue weighted by atomic mass is 9.91. The zero-order valence-corrected chi connectivity index (χ0v) is 62.6. The van der Waals surface area contributed by atoms with Crippen LogP contribution in [0.5, 0.6) is 0 Å². The van der Waals surface area contributed by atoms with E-state index >= 15 is 28.8 Å². The molecule has 0 spiro atoms. The number of aliphatic hydroxyl groups excluding tert-OH is 1. The Hall–Kier alpha value is -6.74. The predicted molar refractivity (Wildman–Crippen MR) is 366 cm³/mol. The van der Waals surface area contributed by atoms with Crippen molar-refractivity contribution in [2.45, 2.75) is 254 Å². The number of rotatable bonds is 22. The van der Waals surface area contributed by atoms with Crippen LogP contribution in [0.25, 0.3) is 0 Å². The van der Waals surface area contributed by atoms with Gasteiger partial charge in [0.15, 0.2) is 0 Å². The van der Waals surface area contributed by atoms with Gasteiger partial charge in [-0.15, -0.1) is 0 Å². The molecule has 13 atom stereocenters. The number of hydrogen-bond donors (Lipinski definition) is 6. The molecule has 1 aliphatic rings. The molecule has 0 aromatic carbocycles. The van der Waals surface area contributed by atoms with E-state index in [1.54, 1.807) is 60.6 Å². The summed E-state index contributed by atoms with van der Waals surface area (Å²) in [5.41, 5.74) is -1.64. The first kappa shape index (κ1) is 87.3. The molecule has 0 aromatic rings. The van der Waals surface area contributed by atoms with E-state index in [0.717, 1.165) is 14.7 Å². The van der Waals surface area contributed by atoms with Gasteiger partial charge in [0, 0.05) is 69.3 Å². The van der Waals surface area contributed by atoms with Crippen molar-refractivity contribution in [2.75, 3.05) is 69.2 Å². The summed E-state index contributed by atoms with van der Waals surface area (Å²) in [5, 5.41) is 34.6. The van der Waals surface area contributed by atoms with Crippen LogP contribution in [0.4, 0.5) is 0 Å². The minimum absolute atomic E-state index is 0.0131. The lowest BCUT2D eigenvalue weighted by Gasteiger charge is -2.41. The van der Waals surface area contributed by atoms with E-state index in [2.05, 4.69) is 21.3 Å². The van der Waals surface area contributed by atoms with E-state index in [9.17, 15) is 39.0 Å². The average molecular weight is 1360 g/mol. The van der Waals surface area contributed by atoms with Gasteiger partial charge in [0.1, 0.15) is 66.5 Å². The smallest absolute Gasteiger partial charge is 0.302 e. The molecule has 27 nitrogen and oxygen atoms in total. The van der Waals surface area contributed by atoms with Crippen LogP contribution in [0, 0.1) is 35.5 Å². The normalized spacial score (nSPS) is 26.0. The molecule has 6 N–H and O–H groups in total. The highest BCUT2D eigenvalue weighted by atomic mass is 16.5. The van der Waals surface area contributed by atoms with Crippen molar-refractivity contribution in [3.05, 3.63) is 12.2 Å². The summed E-state index contributed by atoms with van der Waals surface area (Å²) in [6, 6.07) is -15.0. The van der Waals surface area contributed by atoms with E-state index in [4.69, 9.17) is 9.47 Å². The third-order valence-electron chi connectivity index (χ3n) is 17.6. The van der Waals surface area contributed by atoms with Gasteiger partial charge >= 0.3 is 5.97 Å². The fourth-order valence-corrected chi connectivity index (χ4v) is 11.7. The lowest BCUT2D eigenvalue weighted by molar-refractivity contribution is -0.157. The molecule has 0 aromatic heterocycles. The maximum absolute atomic E-state index is 15.4. The van der Waals surface area contributed by atoms with Crippen molar-refractivity contribution >= 4 is 70.9 Å². The molecule has 96 heavy (non-hydrogen) atoms. The Morgan fingerprint density at radius 1 is 0.521 bits per heavy atom. The van der Waals surface area contributed by atoms with Gasteiger partial charge < -0.3 is 75.3 Å². The van der Waals surface area contributed by atoms with Crippen molar-refractivity contribution < 1.29 is 77.2 Å². The van der Waals surface area contributed by atoms with Crippen LogP contribution in [0.15, 0.2) is 12.2 Å². The Morgan fingerprint density at radius 2 is 0.958 bits per heavy atom. The molecule has 11 amide bonds. The second-order valence-electron chi connectivity index (χ2n) is 28.8. The summed E-state index contributed by atoms with van der Waals surface area (Å²) in [5.74, 6) is -11.5. The van der Waals surface area contributed by atoms with Crippen LogP contribution < -0.4 is 21.3 Å². The molecular formula is C69H123N11O16. The van der Waals surface area contributed by atoms with Gasteiger partial charge in [-0.05, 0) is 115 Å². The zero-order chi connectivity index (χ0) is 74.3. The summed E-state index contributed by atoms with van der Waals surface area (Å²) < 4.78 is 11.1. The highest BCUT2D eigenvalue weighted by Gasteiger charge is 2.47. The molecule has 1 heterocycles. The second-order valence-corrected chi connectivity index (χ2v) is 28.8. The van der Waals surface area contributed by atoms with Crippen LogP contribution in [0.1, 0.15) is 176 Å². The Morgan fingerprint density at radius 3 is 1.44 bits per heavy atom. The number of carbonyl (C=O) groups excluding carboxylic acids is 12. The molecule has 1 rings (SSSR count). The summed E-state index contributed by atoms with van der Waals surface area (Å²) in [6.45, 7) is 29.4. The summed E-state index contributed by atoms with van der Waals surface area (Å²) in [4.78, 5) is 183. The highest BCUT2D eigenvalue weighted by molar-refractivity contribution is 6.00. The van der Waals surface area contributed by atoms with Crippen LogP contribution in [-0.4, -0.2) is 263 Å². The van der Waals surface area contributed by atoms with Crippen LogP contribution in [0.3, 0.4) is 0 Å². The topological polar surface area (TPSA) is 335 Å². The van der Waals surface area contributed by atoms with Gasteiger partial charge in [0.2, 0.25) is 65.0 Å². The molecule has 0 saturated carbocycles. The Bertz CT molecular complexity index is 2650. The van der Waals surface area contributed by atoms with Gasteiger partial charge in [-0.1, -0.05) is 95.2 Å². The lowest BCUT2D eigenvalue weighted by Crippen LogP contribution is -2.64. The first-order valence-electron chi connectivity index (χ1n) is 34.1. The third kappa shape index (κ3) is 25.9. The first-order chi connectivity index (χ1) is 44.3. The number of likely N-dealkylation sites (N-methyl/N-ethyl adjacent to an activating group) is 7. The third-order valence-corrected chi connectivity index (χ3v) is 17.6. The number of esters is 1. The number of nitrogens with one attached hydrogen (secondary N) is 4. The maximum Gasteiger partial charge on any atom is 0.302 e. The van der Waals surface area contributed by atoms with E-state index in [1.165, 1.54) is 104 Å². The Labute approximate surface area is 572 Å². The number of unbranched alkanes of at least 4 members (excludes halogenated alkanes) is 1. The Kier molecular flexibility index (Phi) is 36.6. The molecule has 0 unspecified atom stereocenters. The molecule has 27 heteroatoms. The van der Waals surface area contributed by atoms with Gasteiger partial charge in [0.25, 0.3) is 0 Å². The van der Waals surface area contributed by atoms with Crippen LogP contribution >= 0.6 is 0 Å². The number of nitrogens with zero attached hydrogens (tertiary/aromatic N) is 7. The fraction of sp³-hybridized carbons (Fsp3) is 0.797. The van der Waals surface area contributed by atoms with E-state index < -0.39 is 180 Å². The van der Waals surface area contributed by atoms with Crippen LogP contribution in [-0.2, 0) is 67.0 Å². The quantitative estimate of drug-likeness (QED) is 0.0515. The van der Waals surface area contributed by atoms with Gasteiger partial charge in [-0.2, -0.15) is 0 Å². The van der Waals surface area contributed by atoms with Gasteiger partial charge in [0.05, 0.1) is 24.9 Å². The van der Waals surface area contributed by atoms with Gasteiger partial charge in [-0.25, -0.2) is 0 Å². The number of aliphatic hydroxyl groups is 2. The van der Waals surface area contributed by atoms with Gasteiger partial charge in [-0.3, -0.25) is 57.5 Å². The van der Waals surface area contributed by atoms with Crippen molar-refractivity contribution in [1.29, 1.82) is 0 Å². The SMILES string of the molecule is CC=CC[C@@H](C)[C@@H](O)[C@H]1C(=O)N[C@@H](CC)C(=O)N(C)[C@H](COCCCCOC(C)=O)C(=O)N(C)[C@@H](CC(C)(C)O)C(=O)N[C@@H](C(C)C)C(=O)N(C)[C@@H](CC(C)C)C(=O)N[C@@H](C)C(=O)N[C@H](C)C(=O)N(C)[C@@H](CC(C)C)C(=O)N(C)[C@@H](CC(C)C)C(=O)N(C)[C@@H](C(C)C)C(=O)N1C. The van der Waals surface area contributed by atoms with E-state index in [0.29, 0.717) is 12.8 Å². The summed E-state index contributed by atoms with van der Waals surface area (Å²) in [7, 11) is 9.58. The largest absolute Gasteiger partial charge is 0.466 e. The number of carbonyl (C=O) groups is 12. The van der Waals surface area contributed by atoms with Crippen molar-refractivity contribution in [3.63, 3.8) is 0 Å². The van der Waals surface area contributed by atoms with E-state index in [-0.39, 0.29) is 63.1 Å². The number of amides is 11. The molecule has 1 saturated heterocycles.